The van der Waals surface area contributed by atoms with Gasteiger partial charge in [0.15, 0.2) is 0 Å². The van der Waals surface area contributed by atoms with Crippen LogP contribution in [0.1, 0.15) is 45.6 Å². The Bertz CT molecular complexity index is 737. The zero-order valence-electron chi connectivity index (χ0n) is 17.4. The first-order chi connectivity index (χ1) is 13.9. The van der Waals surface area contributed by atoms with Gasteiger partial charge in [-0.25, -0.2) is 4.79 Å². The Morgan fingerprint density at radius 3 is 2.62 bits per heavy atom. The molecule has 2 saturated heterocycles. The molecule has 2 fully saturated rings. The fourth-order valence-electron chi connectivity index (χ4n) is 4.03. The highest BCUT2D eigenvalue weighted by Gasteiger charge is 2.43. The van der Waals surface area contributed by atoms with Crippen molar-refractivity contribution in [3.8, 4) is 0 Å². The maximum absolute atomic E-state index is 13.0. The van der Waals surface area contributed by atoms with Crippen molar-refractivity contribution in [3.05, 3.63) is 35.9 Å². The van der Waals surface area contributed by atoms with Crippen molar-refractivity contribution in [1.82, 2.24) is 15.5 Å². The minimum atomic E-state index is -0.558. The quantitative estimate of drug-likeness (QED) is 0.510. The molecule has 3 rings (SSSR count). The second-order valence-electron chi connectivity index (χ2n) is 8.39. The van der Waals surface area contributed by atoms with Crippen LogP contribution >= 0.6 is 0 Å². The van der Waals surface area contributed by atoms with Crippen LogP contribution in [0, 0.1) is 5.92 Å². The standard InChI is InChI=1S/C22H31N3O4/c1-14(2)12-17-19(20(26)24-17)23-15(3)21(27)25-11-7-10-18(25)22(28)29-13-16-8-5-4-6-9-16/h4-6,8-9,14-15,17-19,23H,7,10-13H2,1-3H3,(H,24,26)/t15?,17-,18+,19-/m1/s1. The van der Waals surface area contributed by atoms with Gasteiger partial charge >= 0.3 is 5.97 Å². The number of carbonyl (C=O) groups excluding carboxylic acids is 3. The molecule has 2 N–H and O–H groups in total. The molecular weight excluding hydrogens is 370 g/mol. The van der Waals surface area contributed by atoms with E-state index in [2.05, 4.69) is 24.5 Å². The Labute approximate surface area is 172 Å². The smallest absolute Gasteiger partial charge is 0.329 e. The van der Waals surface area contributed by atoms with Gasteiger partial charge in [0.2, 0.25) is 11.8 Å². The van der Waals surface area contributed by atoms with Crippen LogP contribution < -0.4 is 10.6 Å². The summed E-state index contributed by atoms with van der Waals surface area (Å²) < 4.78 is 5.45. The zero-order valence-corrected chi connectivity index (χ0v) is 17.4. The molecule has 2 amide bonds. The Balaban J connectivity index is 1.54. The van der Waals surface area contributed by atoms with Crippen LogP contribution in [0.25, 0.3) is 0 Å². The van der Waals surface area contributed by atoms with E-state index >= 15 is 0 Å². The lowest BCUT2D eigenvalue weighted by atomic mass is 9.90. The summed E-state index contributed by atoms with van der Waals surface area (Å²) >= 11 is 0. The number of nitrogens with one attached hydrogen (secondary N) is 2. The first-order valence-electron chi connectivity index (χ1n) is 10.4. The summed E-state index contributed by atoms with van der Waals surface area (Å²) in [6, 6.07) is 8.08. The number of hydrogen-bond acceptors (Lipinski definition) is 5. The maximum atomic E-state index is 13.0. The first kappa shape index (κ1) is 21.3. The third kappa shape index (κ3) is 5.15. The van der Waals surface area contributed by atoms with Gasteiger partial charge in [0, 0.05) is 6.54 Å². The van der Waals surface area contributed by atoms with E-state index in [4.69, 9.17) is 4.74 Å². The molecule has 2 heterocycles. The van der Waals surface area contributed by atoms with E-state index in [9.17, 15) is 14.4 Å². The molecule has 7 nitrogen and oxygen atoms in total. The summed E-state index contributed by atoms with van der Waals surface area (Å²) in [5.41, 5.74) is 0.916. The first-order valence-corrected chi connectivity index (χ1v) is 10.4. The van der Waals surface area contributed by atoms with Gasteiger partial charge in [-0.2, -0.15) is 0 Å². The Morgan fingerprint density at radius 1 is 1.24 bits per heavy atom. The van der Waals surface area contributed by atoms with E-state index in [1.54, 1.807) is 11.8 Å². The normalized spacial score (nSPS) is 24.8. The van der Waals surface area contributed by atoms with Gasteiger partial charge in [-0.05, 0) is 37.7 Å². The number of β-lactam (4-membered cyclic amide) rings is 1. The van der Waals surface area contributed by atoms with Crippen molar-refractivity contribution in [2.24, 2.45) is 5.92 Å². The SMILES string of the molecule is CC(C)C[C@H]1NC(=O)[C@@H]1NC(C)C(=O)N1CCC[C@H]1C(=O)OCc1ccccc1. The molecule has 2 aliphatic heterocycles. The van der Waals surface area contributed by atoms with Crippen LogP contribution in [0.3, 0.4) is 0 Å². The molecule has 0 radical (unpaired) electrons. The van der Waals surface area contributed by atoms with Gasteiger partial charge in [0.05, 0.1) is 12.1 Å². The highest BCUT2D eigenvalue weighted by atomic mass is 16.5. The summed E-state index contributed by atoms with van der Waals surface area (Å²) in [6.45, 7) is 6.69. The topological polar surface area (TPSA) is 87.7 Å². The lowest BCUT2D eigenvalue weighted by Gasteiger charge is -2.40. The Hall–Kier alpha value is -2.41. The summed E-state index contributed by atoms with van der Waals surface area (Å²) in [4.78, 5) is 39.1. The Morgan fingerprint density at radius 2 is 1.97 bits per heavy atom. The van der Waals surface area contributed by atoms with Gasteiger partial charge in [0.1, 0.15) is 18.7 Å². The van der Waals surface area contributed by atoms with Gasteiger partial charge in [-0.1, -0.05) is 44.2 Å². The van der Waals surface area contributed by atoms with Crippen LogP contribution in [-0.4, -0.2) is 53.4 Å². The fraction of sp³-hybridized carbons (Fsp3) is 0.591. The molecule has 1 aromatic carbocycles. The number of carbonyl (C=O) groups is 3. The molecule has 0 spiro atoms. The van der Waals surface area contributed by atoms with Crippen molar-refractivity contribution in [3.63, 3.8) is 0 Å². The summed E-state index contributed by atoms with van der Waals surface area (Å²) in [6.07, 6.45) is 2.23. The summed E-state index contributed by atoms with van der Waals surface area (Å²) in [7, 11) is 0. The van der Waals surface area contributed by atoms with Gasteiger partial charge < -0.3 is 15.0 Å². The van der Waals surface area contributed by atoms with Crippen molar-refractivity contribution < 1.29 is 19.1 Å². The number of benzene rings is 1. The molecular formula is C22H31N3O4. The van der Waals surface area contributed by atoms with Crippen LogP contribution in [0.2, 0.25) is 0 Å². The highest BCUT2D eigenvalue weighted by molar-refractivity contribution is 5.91. The van der Waals surface area contributed by atoms with E-state index in [1.807, 2.05) is 30.3 Å². The van der Waals surface area contributed by atoms with Gasteiger partial charge in [0.25, 0.3) is 0 Å². The molecule has 29 heavy (non-hydrogen) atoms. The van der Waals surface area contributed by atoms with Crippen molar-refractivity contribution >= 4 is 17.8 Å². The minimum absolute atomic E-state index is 0.0444. The predicted molar refractivity (Wildman–Crippen MR) is 109 cm³/mol. The molecule has 1 aromatic rings. The van der Waals surface area contributed by atoms with Crippen LogP contribution in [-0.2, 0) is 25.7 Å². The molecule has 0 aliphatic carbocycles. The minimum Gasteiger partial charge on any atom is -0.459 e. The number of rotatable bonds is 8. The van der Waals surface area contributed by atoms with Crippen molar-refractivity contribution in [2.45, 2.75) is 70.8 Å². The van der Waals surface area contributed by atoms with E-state index < -0.39 is 12.1 Å². The summed E-state index contributed by atoms with van der Waals surface area (Å²) in [5.74, 6) is -0.146. The van der Waals surface area contributed by atoms with Crippen LogP contribution in [0.15, 0.2) is 30.3 Å². The number of amides is 2. The molecule has 4 atom stereocenters. The van der Waals surface area contributed by atoms with Crippen LogP contribution in [0.5, 0.6) is 0 Å². The monoisotopic (exact) mass is 401 g/mol. The lowest BCUT2D eigenvalue weighted by Crippen LogP contribution is -2.70. The van der Waals surface area contributed by atoms with Crippen molar-refractivity contribution in [2.75, 3.05) is 6.54 Å². The third-order valence-corrected chi connectivity index (χ3v) is 5.57. The van der Waals surface area contributed by atoms with Gasteiger partial charge in [-0.3, -0.25) is 14.9 Å². The van der Waals surface area contributed by atoms with E-state index in [-0.39, 0.29) is 36.5 Å². The van der Waals surface area contributed by atoms with Crippen molar-refractivity contribution in [1.29, 1.82) is 0 Å². The molecule has 0 bridgehead atoms. The molecule has 0 aromatic heterocycles. The van der Waals surface area contributed by atoms with E-state index in [0.29, 0.717) is 18.9 Å². The molecule has 2 aliphatic rings. The lowest BCUT2D eigenvalue weighted by molar-refractivity contribution is -0.155. The Kier molecular flexibility index (Phi) is 6.90. The average Bonchev–Trinajstić information content (AvgIpc) is 3.19. The molecule has 158 valence electrons. The number of nitrogens with zero attached hydrogens (tertiary/aromatic N) is 1. The zero-order chi connectivity index (χ0) is 21.0. The summed E-state index contributed by atoms with van der Waals surface area (Å²) in [5, 5.41) is 6.06. The second kappa shape index (κ2) is 9.39. The van der Waals surface area contributed by atoms with E-state index in [0.717, 1.165) is 18.4 Å². The largest absolute Gasteiger partial charge is 0.459 e. The third-order valence-electron chi connectivity index (χ3n) is 5.57. The van der Waals surface area contributed by atoms with Gasteiger partial charge in [-0.15, -0.1) is 0 Å². The number of ether oxygens (including phenoxy) is 1. The second-order valence-corrected chi connectivity index (χ2v) is 8.39. The number of hydrogen-bond donors (Lipinski definition) is 2. The molecule has 1 unspecified atom stereocenters. The number of likely N-dealkylation sites (tertiary alicyclic amines) is 1. The number of esters is 1. The van der Waals surface area contributed by atoms with E-state index in [1.165, 1.54) is 0 Å². The highest BCUT2D eigenvalue weighted by Crippen LogP contribution is 2.21. The fourth-order valence-corrected chi connectivity index (χ4v) is 4.03. The molecule has 0 saturated carbocycles. The van der Waals surface area contributed by atoms with Crippen LogP contribution in [0.4, 0.5) is 0 Å². The predicted octanol–water partition coefficient (Wildman–Crippen LogP) is 1.61. The average molecular weight is 402 g/mol. The maximum Gasteiger partial charge on any atom is 0.329 e. The molecule has 7 heteroatoms.